The van der Waals surface area contributed by atoms with E-state index in [2.05, 4.69) is 60.4 Å². The number of nitrogens with zero attached hydrogens (tertiary/aromatic N) is 4. The highest BCUT2D eigenvalue weighted by molar-refractivity contribution is 14.0. The molecule has 1 saturated carbocycles. The van der Waals surface area contributed by atoms with Crippen LogP contribution in [-0.2, 0) is 13.0 Å². The van der Waals surface area contributed by atoms with E-state index in [9.17, 15) is 0 Å². The Balaban J connectivity index is 0.00000280. The van der Waals surface area contributed by atoms with Crippen molar-refractivity contribution in [2.24, 2.45) is 4.99 Å². The van der Waals surface area contributed by atoms with Gasteiger partial charge in [-0.15, -0.1) is 34.2 Å². The summed E-state index contributed by atoms with van der Waals surface area (Å²) in [4.78, 5) is 4.66. The first-order valence-electron chi connectivity index (χ1n) is 9.82. The van der Waals surface area contributed by atoms with Crippen LogP contribution in [0.3, 0.4) is 0 Å². The molecule has 3 rings (SSSR count). The Labute approximate surface area is 193 Å². The fourth-order valence-corrected chi connectivity index (χ4v) is 4.73. The van der Waals surface area contributed by atoms with Crippen LogP contribution >= 0.6 is 47.1 Å². The number of rotatable bonds is 9. The average molecular weight is 535 g/mol. The molecule has 2 aromatic heterocycles. The van der Waals surface area contributed by atoms with Crippen LogP contribution in [0.1, 0.15) is 56.5 Å². The molecule has 1 fully saturated rings. The van der Waals surface area contributed by atoms with E-state index in [1.165, 1.54) is 31.2 Å². The number of thiophene rings is 1. The van der Waals surface area contributed by atoms with Gasteiger partial charge in [-0.25, -0.2) is 4.99 Å². The van der Waals surface area contributed by atoms with E-state index in [1.54, 1.807) is 23.1 Å². The molecule has 0 saturated heterocycles. The van der Waals surface area contributed by atoms with Crippen LogP contribution < -0.4 is 10.6 Å². The SMILES string of the molecule is CCNC(=NCc1ccsc1)NCCCc1nnc(SC)n1C1CCCC1.I. The summed E-state index contributed by atoms with van der Waals surface area (Å²) in [7, 11) is 0. The van der Waals surface area contributed by atoms with E-state index < -0.39 is 0 Å². The van der Waals surface area contributed by atoms with Gasteiger partial charge in [0.2, 0.25) is 0 Å². The summed E-state index contributed by atoms with van der Waals surface area (Å²) < 4.78 is 2.40. The van der Waals surface area contributed by atoms with Crippen LogP contribution in [-0.4, -0.2) is 40.1 Å². The van der Waals surface area contributed by atoms with Gasteiger partial charge in [-0.2, -0.15) is 11.3 Å². The van der Waals surface area contributed by atoms with Gasteiger partial charge in [0.25, 0.3) is 0 Å². The monoisotopic (exact) mass is 534 g/mol. The fourth-order valence-electron chi connectivity index (χ4n) is 3.49. The minimum absolute atomic E-state index is 0. The minimum atomic E-state index is 0. The van der Waals surface area contributed by atoms with Crippen LogP contribution in [0.25, 0.3) is 0 Å². The van der Waals surface area contributed by atoms with Gasteiger partial charge in [0.05, 0.1) is 6.54 Å². The lowest BCUT2D eigenvalue weighted by atomic mass is 10.2. The lowest BCUT2D eigenvalue weighted by Crippen LogP contribution is -2.37. The summed E-state index contributed by atoms with van der Waals surface area (Å²) in [6, 6.07) is 2.71. The number of hydrogen-bond donors (Lipinski definition) is 2. The number of halogens is 1. The highest BCUT2D eigenvalue weighted by Gasteiger charge is 2.23. The topological polar surface area (TPSA) is 67.1 Å². The third kappa shape index (κ3) is 6.62. The lowest BCUT2D eigenvalue weighted by Gasteiger charge is -2.16. The molecule has 6 nitrogen and oxygen atoms in total. The van der Waals surface area contributed by atoms with Gasteiger partial charge in [0, 0.05) is 25.6 Å². The largest absolute Gasteiger partial charge is 0.357 e. The number of aromatic nitrogens is 3. The number of guanidine groups is 1. The van der Waals surface area contributed by atoms with Crippen molar-refractivity contribution < 1.29 is 0 Å². The van der Waals surface area contributed by atoms with Crippen LogP contribution in [0.4, 0.5) is 0 Å². The summed E-state index contributed by atoms with van der Waals surface area (Å²) in [5, 5.41) is 20.9. The molecular weight excluding hydrogens is 503 g/mol. The van der Waals surface area contributed by atoms with E-state index >= 15 is 0 Å². The van der Waals surface area contributed by atoms with E-state index in [-0.39, 0.29) is 24.0 Å². The predicted molar refractivity (Wildman–Crippen MR) is 130 cm³/mol. The van der Waals surface area contributed by atoms with Crippen molar-refractivity contribution >= 4 is 53.0 Å². The Kier molecular flexibility index (Phi) is 10.6. The number of aliphatic imine (C=N–C) groups is 1. The third-order valence-electron chi connectivity index (χ3n) is 4.82. The minimum Gasteiger partial charge on any atom is -0.357 e. The molecule has 156 valence electrons. The maximum Gasteiger partial charge on any atom is 0.191 e. The molecule has 0 aromatic carbocycles. The van der Waals surface area contributed by atoms with Gasteiger partial charge in [-0.1, -0.05) is 24.6 Å². The maximum absolute atomic E-state index is 4.66. The molecule has 0 aliphatic heterocycles. The molecule has 1 aliphatic carbocycles. The summed E-state index contributed by atoms with van der Waals surface area (Å²) in [6.07, 6.45) is 9.22. The molecule has 0 spiro atoms. The number of thioether (sulfide) groups is 1. The van der Waals surface area contributed by atoms with Crippen molar-refractivity contribution in [3.05, 3.63) is 28.2 Å². The average Bonchev–Trinajstić information content (AvgIpc) is 3.44. The molecular formula is C19H31IN6S2. The highest BCUT2D eigenvalue weighted by atomic mass is 127. The van der Waals surface area contributed by atoms with Crippen molar-refractivity contribution in [1.82, 2.24) is 25.4 Å². The third-order valence-corrected chi connectivity index (χ3v) is 6.20. The first kappa shape index (κ1) is 23.5. The number of nitrogens with one attached hydrogen (secondary N) is 2. The molecule has 2 heterocycles. The molecule has 0 unspecified atom stereocenters. The molecule has 0 atom stereocenters. The van der Waals surface area contributed by atoms with Gasteiger partial charge < -0.3 is 15.2 Å². The summed E-state index contributed by atoms with van der Waals surface area (Å²) >= 11 is 3.42. The highest BCUT2D eigenvalue weighted by Crippen LogP contribution is 2.33. The Morgan fingerprint density at radius 3 is 2.82 bits per heavy atom. The zero-order valence-corrected chi connectivity index (χ0v) is 20.7. The van der Waals surface area contributed by atoms with Gasteiger partial charge in [-0.3, -0.25) is 0 Å². The molecule has 2 aromatic rings. The Hall–Kier alpha value is -0.810. The van der Waals surface area contributed by atoms with Crippen LogP contribution in [0.2, 0.25) is 0 Å². The second-order valence-corrected chi connectivity index (χ2v) is 8.32. The van der Waals surface area contributed by atoms with E-state index in [1.807, 2.05) is 0 Å². The first-order valence-corrected chi connectivity index (χ1v) is 12.0. The van der Waals surface area contributed by atoms with Crippen molar-refractivity contribution in [3.8, 4) is 0 Å². The standard InChI is InChI=1S/C19H30N6S2.HI/c1-3-20-18(22-13-15-10-12-27-14-15)21-11-6-9-17-23-24-19(26-2)25(17)16-7-4-5-8-16;/h10,12,14,16H,3-9,11,13H2,1-2H3,(H2,20,21,22);1H. The molecule has 0 radical (unpaired) electrons. The molecule has 2 N–H and O–H groups in total. The fraction of sp³-hybridized carbons (Fsp3) is 0.632. The van der Waals surface area contributed by atoms with Gasteiger partial charge >= 0.3 is 0 Å². The van der Waals surface area contributed by atoms with Crippen molar-refractivity contribution in [1.29, 1.82) is 0 Å². The van der Waals surface area contributed by atoms with E-state index in [0.717, 1.165) is 42.9 Å². The second kappa shape index (κ2) is 12.7. The summed E-state index contributed by atoms with van der Waals surface area (Å²) in [6.45, 7) is 4.55. The summed E-state index contributed by atoms with van der Waals surface area (Å²) in [5.74, 6) is 2.01. The normalized spacial score (nSPS) is 14.9. The van der Waals surface area contributed by atoms with E-state index in [4.69, 9.17) is 0 Å². The van der Waals surface area contributed by atoms with Crippen molar-refractivity contribution in [2.45, 2.75) is 63.2 Å². The predicted octanol–water partition coefficient (Wildman–Crippen LogP) is 4.48. The molecule has 9 heteroatoms. The van der Waals surface area contributed by atoms with Crippen LogP contribution in [0, 0.1) is 0 Å². The lowest BCUT2D eigenvalue weighted by molar-refractivity contribution is 0.460. The van der Waals surface area contributed by atoms with Crippen LogP contribution in [0.15, 0.2) is 27.0 Å². The maximum atomic E-state index is 4.66. The zero-order chi connectivity index (χ0) is 18.9. The zero-order valence-electron chi connectivity index (χ0n) is 16.7. The van der Waals surface area contributed by atoms with Gasteiger partial charge in [-0.05, 0) is 54.8 Å². The number of hydrogen-bond acceptors (Lipinski definition) is 5. The molecule has 0 amide bonds. The quantitative estimate of drug-likeness (QED) is 0.163. The van der Waals surface area contributed by atoms with Gasteiger partial charge in [0.1, 0.15) is 5.82 Å². The first-order chi connectivity index (χ1) is 13.3. The molecule has 0 bridgehead atoms. The smallest absolute Gasteiger partial charge is 0.191 e. The Morgan fingerprint density at radius 2 is 2.14 bits per heavy atom. The number of aryl methyl sites for hydroxylation is 1. The Bertz CT molecular complexity index is 710. The van der Waals surface area contributed by atoms with E-state index in [0.29, 0.717) is 12.6 Å². The van der Waals surface area contributed by atoms with Gasteiger partial charge in [0.15, 0.2) is 11.1 Å². The molecule has 1 aliphatic rings. The van der Waals surface area contributed by atoms with Crippen molar-refractivity contribution in [3.63, 3.8) is 0 Å². The molecule has 28 heavy (non-hydrogen) atoms. The Morgan fingerprint density at radius 1 is 1.32 bits per heavy atom. The second-order valence-electron chi connectivity index (χ2n) is 6.77. The van der Waals surface area contributed by atoms with Crippen molar-refractivity contribution in [2.75, 3.05) is 19.3 Å². The summed E-state index contributed by atoms with van der Waals surface area (Å²) in [5.41, 5.74) is 1.26. The van der Waals surface area contributed by atoms with Crippen LogP contribution in [0.5, 0.6) is 0 Å².